The van der Waals surface area contributed by atoms with Gasteiger partial charge in [-0.1, -0.05) is 123 Å². The molecule has 2 heterocycles. The molecule has 0 spiro atoms. The molecule has 6 heteroatoms. The van der Waals surface area contributed by atoms with Gasteiger partial charge in [0.15, 0.2) is 0 Å². The Morgan fingerprint density at radius 3 is 1.20 bits per heavy atom. The first-order valence-electron chi connectivity index (χ1n) is 13.8. The van der Waals surface area contributed by atoms with Gasteiger partial charge in [-0.2, -0.15) is 0 Å². The van der Waals surface area contributed by atoms with E-state index in [-0.39, 0.29) is 0 Å². The number of aromatic nitrogens is 6. The van der Waals surface area contributed by atoms with Crippen LogP contribution in [0.15, 0.2) is 97.1 Å². The summed E-state index contributed by atoms with van der Waals surface area (Å²) in [5, 5.41) is 26.9. The summed E-state index contributed by atoms with van der Waals surface area (Å²) in [7, 11) is 0. The number of nitrogens with zero attached hydrogens (tertiary/aromatic N) is 6. The molecule has 0 amide bonds. The highest BCUT2D eigenvalue weighted by Crippen LogP contribution is 2.25. The lowest BCUT2D eigenvalue weighted by Crippen LogP contribution is -2.06. The molecule has 2 aromatic heterocycles. The van der Waals surface area contributed by atoms with E-state index in [0.29, 0.717) is 11.8 Å². The number of hydrogen-bond acceptors (Lipinski definition) is 4. The highest BCUT2D eigenvalue weighted by molar-refractivity contribution is 5.44. The van der Waals surface area contributed by atoms with Gasteiger partial charge in [0.25, 0.3) is 0 Å². The van der Waals surface area contributed by atoms with E-state index in [1.807, 2.05) is 9.36 Å². The molecule has 0 atom stereocenters. The van der Waals surface area contributed by atoms with Crippen molar-refractivity contribution in [3.8, 4) is 11.4 Å². The third-order valence-electron chi connectivity index (χ3n) is 7.79. The maximum atomic E-state index is 4.81. The first-order valence-corrected chi connectivity index (χ1v) is 13.8. The van der Waals surface area contributed by atoms with Gasteiger partial charge >= 0.3 is 0 Å². The first kappa shape index (κ1) is 24.2. The van der Waals surface area contributed by atoms with Crippen LogP contribution in [-0.4, -0.2) is 30.0 Å². The van der Waals surface area contributed by atoms with Crippen LogP contribution in [-0.2, 0) is 0 Å². The number of hydrogen-bond donors (Lipinski definition) is 0. The molecule has 6 nitrogen and oxygen atoms in total. The van der Waals surface area contributed by atoms with E-state index in [1.54, 1.807) is 0 Å². The Balaban J connectivity index is 1.83. The molecule has 0 saturated carbocycles. The predicted molar refractivity (Wildman–Crippen MR) is 154 cm³/mol. The van der Waals surface area contributed by atoms with Crippen molar-refractivity contribution in [3.05, 3.63) is 150 Å². The van der Waals surface area contributed by atoms with Gasteiger partial charge in [-0.15, -0.1) is 10.2 Å². The normalized spacial score (nSPS) is 11.9. The number of rotatable bonds is 4. The Kier molecular flexibility index (Phi) is 5.70. The van der Waals surface area contributed by atoms with E-state index < -0.39 is 0 Å². The molecular formula is C34H30N6. The van der Waals surface area contributed by atoms with Crippen LogP contribution < -0.4 is 0 Å². The van der Waals surface area contributed by atoms with Crippen LogP contribution in [0.5, 0.6) is 0 Å². The molecule has 0 unspecified atom stereocenters. The summed E-state index contributed by atoms with van der Waals surface area (Å²) in [5.41, 5.74) is 4.52. The zero-order valence-corrected chi connectivity index (χ0v) is 23.1. The van der Waals surface area contributed by atoms with Crippen LogP contribution in [0.1, 0.15) is 50.7 Å². The summed E-state index contributed by atoms with van der Waals surface area (Å²) in [4.78, 5) is 0. The van der Waals surface area contributed by atoms with E-state index in [1.165, 1.54) is 11.1 Å². The largest absolute Gasteiger partial charge is 0.212 e. The minimum absolute atomic E-state index is 0.330. The van der Waals surface area contributed by atoms with Crippen LogP contribution in [0.25, 0.3) is 11.4 Å². The summed E-state index contributed by atoms with van der Waals surface area (Å²) in [5.74, 6) is 0.661. The third kappa shape index (κ3) is 3.63. The van der Waals surface area contributed by atoms with Gasteiger partial charge < -0.3 is 0 Å². The Labute approximate surface area is 231 Å². The second-order valence-electron chi connectivity index (χ2n) is 10.9. The molecule has 1 aliphatic carbocycles. The van der Waals surface area contributed by atoms with Crippen LogP contribution in [0.3, 0.4) is 0 Å². The van der Waals surface area contributed by atoms with Gasteiger partial charge in [-0.3, -0.25) is 0 Å². The Morgan fingerprint density at radius 2 is 0.800 bits per heavy atom. The molecule has 196 valence electrons. The number of fused-ring (bicyclic) bond motifs is 4. The third-order valence-corrected chi connectivity index (χ3v) is 7.79. The maximum absolute atomic E-state index is 4.81. The molecule has 0 aliphatic heterocycles. The minimum Gasteiger partial charge on any atom is -0.212 e. The first-order chi connectivity index (χ1) is 19.5. The van der Waals surface area contributed by atoms with Crippen molar-refractivity contribution in [2.75, 3.05) is 0 Å². The van der Waals surface area contributed by atoms with Crippen LogP contribution >= 0.6 is 0 Å². The van der Waals surface area contributed by atoms with Crippen molar-refractivity contribution < 1.29 is 0 Å². The molecule has 1 aliphatic rings. The Morgan fingerprint density at radius 1 is 0.450 bits per heavy atom. The fourth-order valence-corrected chi connectivity index (χ4v) is 5.88. The van der Waals surface area contributed by atoms with Crippen molar-refractivity contribution in [2.24, 2.45) is 0 Å². The van der Waals surface area contributed by atoms with Gasteiger partial charge in [-0.25, -0.2) is 9.36 Å². The maximum Gasteiger partial charge on any atom is 0.122 e. The SMILES string of the molecule is CC(C)c1ccccc1-n1nnc2c1=c1ccccc1=c1c(nnn1-c1ccccc1C(C)C)=c1ccccc1=2. The summed E-state index contributed by atoms with van der Waals surface area (Å²) >= 11 is 0. The fourth-order valence-electron chi connectivity index (χ4n) is 5.88. The minimum atomic E-state index is 0.330. The molecule has 6 aromatic rings. The smallest absolute Gasteiger partial charge is 0.122 e. The van der Waals surface area contributed by atoms with Gasteiger partial charge in [0.2, 0.25) is 0 Å². The zero-order valence-electron chi connectivity index (χ0n) is 23.1. The molecule has 0 saturated heterocycles. The molecule has 40 heavy (non-hydrogen) atoms. The Hall–Kier alpha value is -4.84. The van der Waals surface area contributed by atoms with Crippen LogP contribution in [0, 0.1) is 42.3 Å². The highest BCUT2D eigenvalue weighted by Gasteiger charge is 2.16. The number of benzene rings is 4. The van der Waals surface area contributed by atoms with E-state index in [4.69, 9.17) is 20.6 Å². The van der Waals surface area contributed by atoms with Crippen LogP contribution in [0.4, 0.5) is 0 Å². The molecule has 0 fully saturated rings. The fraction of sp³-hybridized carbons (Fsp3) is 0.176. The second-order valence-corrected chi connectivity index (χ2v) is 10.9. The van der Waals surface area contributed by atoms with Crippen LogP contribution in [0.2, 0.25) is 0 Å². The zero-order chi connectivity index (χ0) is 27.4. The van der Waals surface area contributed by atoms with E-state index >= 15 is 0 Å². The number of para-hydroxylation sites is 2. The van der Waals surface area contributed by atoms with Gasteiger partial charge in [0.05, 0.1) is 11.4 Å². The van der Waals surface area contributed by atoms with E-state index in [0.717, 1.165) is 53.6 Å². The van der Waals surface area contributed by atoms with Gasteiger partial charge in [-0.05, 0) is 35.1 Å². The summed E-state index contributed by atoms with van der Waals surface area (Å²) in [6.07, 6.45) is 0. The molecule has 7 rings (SSSR count). The summed E-state index contributed by atoms with van der Waals surface area (Å²) < 4.78 is 4.03. The second kappa shape index (κ2) is 9.42. The van der Waals surface area contributed by atoms with Crippen molar-refractivity contribution in [1.82, 2.24) is 30.0 Å². The van der Waals surface area contributed by atoms with E-state index in [9.17, 15) is 0 Å². The quantitative estimate of drug-likeness (QED) is 0.263. The topological polar surface area (TPSA) is 61.4 Å². The van der Waals surface area contributed by atoms with Crippen molar-refractivity contribution >= 4 is 0 Å². The summed E-state index contributed by atoms with van der Waals surface area (Å²) in [6, 6.07) is 33.7. The van der Waals surface area contributed by atoms with Crippen molar-refractivity contribution in [2.45, 2.75) is 39.5 Å². The van der Waals surface area contributed by atoms with Crippen molar-refractivity contribution in [3.63, 3.8) is 0 Å². The predicted octanol–water partition coefficient (Wildman–Crippen LogP) is 6.56. The molecule has 0 N–H and O–H groups in total. The lowest BCUT2D eigenvalue weighted by Gasteiger charge is -2.13. The monoisotopic (exact) mass is 522 g/mol. The van der Waals surface area contributed by atoms with Gasteiger partial charge in [0, 0.05) is 20.9 Å². The van der Waals surface area contributed by atoms with E-state index in [2.05, 4.69) is 125 Å². The standard InChI is InChI=1S/C34H30N6/c1-21(2)23-13-9-11-19-29(23)39-33-27-17-7-8-18-28(27)34-32(26-16-6-5-15-25(26)31(33)35-37-39)36-38-40(34)30-20-12-10-14-24(30)22(3)4/h5-22H,1-4H3. The molecule has 0 bridgehead atoms. The lowest BCUT2D eigenvalue weighted by molar-refractivity contribution is 0.754. The molecule has 4 aromatic carbocycles. The molecular weight excluding hydrogens is 492 g/mol. The summed E-state index contributed by atoms with van der Waals surface area (Å²) in [6.45, 7) is 8.85. The average molecular weight is 523 g/mol. The Bertz CT molecular complexity index is 2130. The molecule has 0 radical (unpaired) electrons. The average Bonchev–Trinajstić information content (AvgIpc) is 3.61. The van der Waals surface area contributed by atoms with Crippen molar-refractivity contribution in [1.29, 1.82) is 0 Å². The van der Waals surface area contributed by atoms with Gasteiger partial charge in [0.1, 0.15) is 21.4 Å². The highest BCUT2D eigenvalue weighted by atomic mass is 15.4. The lowest BCUT2D eigenvalue weighted by atomic mass is 10.0.